The molecule has 1 amide bonds. The molecule has 0 bridgehead atoms. The lowest BCUT2D eigenvalue weighted by Crippen LogP contribution is -2.06. The quantitative estimate of drug-likeness (QED) is 0.712. The van der Waals surface area contributed by atoms with Gasteiger partial charge in [-0.1, -0.05) is 24.3 Å². The van der Waals surface area contributed by atoms with Gasteiger partial charge in [-0.2, -0.15) is 0 Å². The average molecular weight is 295 g/mol. The zero-order valence-corrected chi connectivity index (χ0v) is 12.1. The molecule has 0 fully saturated rings. The van der Waals surface area contributed by atoms with Gasteiger partial charge in [0.1, 0.15) is 0 Å². The van der Waals surface area contributed by atoms with E-state index in [9.17, 15) is 9.90 Å². The standard InChI is InChI=1S/C17H13NO4/c1-21-15-13-12-10(18-17(13)20)7-8-5-3-4-6-9(8)11(12)14(19)16(15)22-2/h3-7,19H,1-2H3,(H,18,20). The zero-order chi connectivity index (χ0) is 15.4. The Hall–Kier alpha value is -2.95. The number of carbonyl (C=O) groups is 1. The van der Waals surface area contributed by atoms with Crippen molar-refractivity contribution in [1.82, 2.24) is 0 Å². The number of hydrogen-bond donors (Lipinski definition) is 2. The third kappa shape index (κ3) is 1.40. The molecule has 0 saturated carbocycles. The van der Waals surface area contributed by atoms with Crippen molar-refractivity contribution in [3.63, 3.8) is 0 Å². The number of anilines is 1. The van der Waals surface area contributed by atoms with Gasteiger partial charge in [-0.25, -0.2) is 0 Å². The van der Waals surface area contributed by atoms with Crippen molar-refractivity contribution >= 4 is 33.1 Å². The topological polar surface area (TPSA) is 67.8 Å². The highest BCUT2D eigenvalue weighted by Crippen LogP contribution is 2.52. The summed E-state index contributed by atoms with van der Waals surface area (Å²) in [5, 5.41) is 16.6. The fraction of sp³-hybridized carbons (Fsp3) is 0.118. The van der Waals surface area contributed by atoms with Crippen LogP contribution in [0.4, 0.5) is 5.69 Å². The molecule has 3 aromatic carbocycles. The Bertz CT molecular complexity index is 962. The van der Waals surface area contributed by atoms with Gasteiger partial charge in [0, 0.05) is 10.8 Å². The number of phenolic OH excluding ortho intramolecular Hbond substituents is 1. The van der Waals surface area contributed by atoms with E-state index in [0.717, 1.165) is 10.8 Å². The van der Waals surface area contributed by atoms with E-state index >= 15 is 0 Å². The maximum atomic E-state index is 12.4. The van der Waals surface area contributed by atoms with Crippen molar-refractivity contribution in [3.05, 3.63) is 35.9 Å². The molecule has 1 aliphatic heterocycles. The molecule has 5 nitrogen and oxygen atoms in total. The van der Waals surface area contributed by atoms with E-state index in [4.69, 9.17) is 9.47 Å². The van der Waals surface area contributed by atoms with Crippen LogP contribution in [0.2, 0.25) is 0 Å². The molecule has 5 heteroatoms. The molecule has 0 atom stereocenters. The predicted octanol–water partition coefficient (Wildman–Crippen LogP) is 3.28. The Balaban J connectivity index is 2.34. The average Bonchev–Trinajstić information content (AvgIpc) is 2.85. The Labute approximate surface area is 126 Å². The van der Waals surface area contributed by atoms with E-state index in [2.05, 4.69) is 5.32 Å². The van der Waals surface area contributed by atoms with Crippen LogP contribution >= 0.6 is 0 Å². The summed E-state index contributed by atoms with van der Waals surface area (Å²) in [4.78, 5) is 12.4. The molecule has 1 heterocycles. The number of rotatable bonds is 2. The summed E-state index contributed by atoms with van der Waals surface area (Å²) in [6.07, 6.45) is 0. The number of ether oxygens (including phenoxy) is 2. The third-order valence-electron chi connectivity index (χ3n) is 4.07. The Kier molecular flexibility index (Phi) is 2.48. The number of nitrogens with one attached hydrogen (secondary N) is 1. The van der Waals surface area contributed by atoms with Crippen molar-refractivity contribution in [2.75, 3.05) is 19.5 Å². The first-order valence-corrected chi connectivity index (χ1v) is 6.81. The highest BCUT2D eigenvalue weighted by Gasteiger charge is 2.32. The van der Waals surface area contributed by atoms with Crippen molar-refractivity contribution in [1.29, 1.82) is 0 Å². The summed E-state index contributed by atoms with van der Waals surface area (Å²) < 4.78 is 10.6. The number of carbonyl (C=O) groups excluding carboxylic acids is 1. The van der Waals surface area contributed by atoms with Gasteiger partial charge in [0.2, 0.25) is 5.75 Å². The SMILES string of the molecule is COc1c(OC)c(O)c2c3c(cc4ccccc42)NC(=O)c13. The lowest BCUT2D eigenvalue weighted by atomic mass is 9.96. The molecule has 110 valence electrons. The predicted molar refractivity (Wildman–Crippen MR) is 84.2 cm³/mol. The Morgan fingerprint density at radius 3 is 2.50 bits per heavy atom. The molecule has 22 heavy (non-hydrogen) atoms. The Morgan fingerprint density at radius 2 is 1.77 bits per heavy atom. The molecule has 3 aromatic rings. The second-order valence-corrected chi connectivity index (χ2v) is 5.14. The molecule has 0 aliphatic carbocycles. The summed E-state index contributed by atoms with van der Waals surface area (Å²) in [5.41, 5.74) is 1.07. The largest absolute Gasteiger partial charge is 0.504 e. The van der Waals surface area contributed by atoms with Crippen LogP contribution in [0.5, 0.6) is 17.2 Å². The van der Waals surface area contributed by atoms with Gasteiger partial charge >= 0.3 is 0 Å². The molecule has 0 spiro atoms. The molecule has 4 rings (SSSR count). The van der Waals surface area contributed by atoms with Gasteiger partial charge < -0.3 is 19.9 Å². The summed E-state index contributed by atoms with van der Waals surface area (Å²) in [7, 11) is 2.89. The number of methoxy groups -OCH3 is 2. The molecule has 1 aliphatic rings. The van der Waals surface area contributed by atoms with E-state index in [1.54, 1.807) is 0 Å². The minimum atomic E-state index is -0.259. The number of phenols is 1. The molecule has 2 N–H and O–H groups in total. The highest BCUT2D eigenvalue weighted by molar-refractivity contribution is 6.32. The summed E-state index contributed by atoms with van der Waals surface area (Å²) in [6, 6.07) is 9.55. The normalized spacial score (nSPS) is 12.7. The fourth-order valence-corrected chi connectivity index (χ4v) is 3.19. The van der Waals surface area contributed by atoms with Crippen LogP contribution in [0.3, 0.4) is 0 Å². The van der Waals surface area contributed by atoms with Crippen LogP contribution in [0, 0.1) is 0 Å². The molecule has 0 unspecified atom stereocenters. The molecule has 0 saturated heterocycles. The lowest BCUT2D eigenvalue weighted by molar-refractivity contribution is 0.102. The summed E-state index contributed by atoms with van der Waals surface area (Å²) >= 11 is 0. The van der Waals surface area contributed by atoms with Crippen LogP contribution in [0.25, 0.3) is 21.5 Å². The van der Waals surface area contributed by atoms with Crippen LogP contribution < -0.4 is 14.8 Å². The molecule has 0 aromatic heterocycles. The lowest BCUT2D eigenvalue weighted by Gasteiger charge is -2.15. The smallest absolute Gasteiger partial charge is 0.260 e. The number of fused-ring (bicyclic) bond motifs is 2. The zero-order valence-electron chi connectivity index (χ0n) is 12.1. The minimum absolute atomic E-state index is 0.0207. The van der Waals surface area contributed by atoms with E-state index in [-0.39, 0.29) is 23.2 Å². The fourth-order valence-electron chi connectivity index (χ4n) is 3.19. The van der Waals surface area contributed by atoms with E-state index in [1.807, 2.05) is 30.3 Å². The molecule has 0 radical (unpaired) electrons. The van der Waals surface area contributed by atoms with Gasteiger partial charge in [0.25, 0.3) is 5.91 Å². The van der Waals surface area contributed by atoms with Crippen molar-refractivity contribution < 1.29 is 19.4 Å². The van der Waals surface area contributed by atoms with Gasteiger partial charge in [-0.05, 0) is 16.8 Å². The van der Waals surface area contributed by atoms with Crippen molar-refractivity contribution in [2.24, 2.45) is 0 Å². The van der Waals surface area contributed by atoms with Crippen molar-refractivity contribution in [2.45, 2.75) is 0 Å². The number of benzene rings is 3. The minimum Gasteiger partial charge on any atom is -0.504 e. The second-order valence-electron chi connectivity index (χ2n) is 5.14. The van der Waals surface area contributed by atoms with Crippen LogP contribution in [-0.4, -0.2) is 25.2 Å². The number of aromatic hydroxyl groups is 1. The molecular weight excluding hydrogens is 282 g/mol. The van der Waals surface area contributed by atoms with Gasteiger partial charge in [-0.3, -0.25) is 4.79 Å². The van der Waals surface area contributed by atoms with Crippen LogP contribution in [0.1, 0.15) is 10.4 Å². The second kappa shape index (κ2) is 4.27. The maximum Gasteiger partial charge on any atom is 0.260 e. The Morgan fingerprint density at radius 1 is 1.05 bits per heavy atom. The number of hydrogen-bond acceptors (Lipinski definition) is 4. The first-order chi connectivity index (χ1) is 10.7. The summed E-state index contributed by atoms with van der Waals surface area (Å²) in [5.74, 6) is 0.140. The van der Waals surface area contributed by atoms with Gasteiger partial charge in [0.15, 0.2) is 11.5 Å². The van der Waals surface area contributed by atoms with Crippen LogP contribution in [-0.2, 0) is 0 Å². The van der Waals surface area contributed by atoms with Gasteiger partial charge in [0.05, 0.1) is 25.5 Å². The van der Waals surface area contributed by atoms with E-state index < -0.39 is 0 Å². The van der Waals surface area contributed by atoms with E-state index in [0.29, 0.717) is 22.0 Å². The van der Waals surface area contributed by atoms with Crippen LogP contribution in [0.15, 0.2) is 30.3 Å². The monoisotopic (exact) mass is 295 g/mol. The van der Waals surface area contributed by atoms with Crippen molar-refractivity contribution in [3.8, 4) is 17.2 Å². The maximum absolute atomic E-state index is 12.4. The third-order valence-corrected chi connectivity index (χ3v) is 4.07. The number of amides is 1. The molecular formula is C17H13NO4. The first-order valence-electron chi connectivity index (χ1n) is 6.81. The summed E-state index contributed by atoms with van der Waals surface area (Å²) in [6.45, 7) is 0. The van der Waals surface area contributed by atoms with E-state index in [1.165, 1.54) is 14.2 Å². The van der Waals surface area contributed by atoms with Gasteiger partial charge in [-0.15, -0.1) is 0 Å². The highest BCUT2D eigenvalue weighted by atomic mass is 16.5. The first kappa shape index (κ1) is 12.8.